The van der Waals surface area contributed by atoms with E-state index in [4.69, 9.17) is 25.8 Å². The van der Waals surface area contributed by atoms with Gasteiger partial charge in [-0.25, -0.2) is 17.2 Å². The Morgan fingerprint density at radius 2 is 1.86 bits per heavy atom. The fraction of sp³-hybridized carbons (Fsp3) is 0.323. The molecule has 0 amide bonds. The molecular formula is C31H32ClF2N3O5S. The van der Waals surface area contributed by atoms with Gasteiger partial charge < -0.3 is 19.1 Å². The fourth-order valence-electron chi connectivity index (χ4n) is 5.12. The van der Waals surface area contributed by atoms with Crippen LogP contribution in [0.2, 0.25) is 5.02 Å². The molecule has 2 heterocycles. The molecule has 8 nitrogen and oxygen atoms in total. The number of sulfonamides is 1. The van der Waals surface area contributed by atoms with Gasteiger partial charge in [0.1, 0.15) is 16.5 Å². The molecule has 3 aromatic carbocycles. The lowest BCUT2D eigenvalue weighted by atomic mass is 10.0. The monoisotopic (exact) mass is 631 g/mol. The summed E-state index contributed by atoms with van der Waals surface area (Å²) in [4.78, 5) is 6.27. The van der Waals surface area contributed by atoms with Gasteiger partial charge in [0.25, 0.3) is 10.0 Å². The molecule has 1 saturated heterocycles. The van der Waals surface area contributed by atoms with Gasteiger partial charge >= 0.3 is 0 Å². The molecule has 0 aliphatic carbocycles. The molecule has 1 fully saturated rings. The number of ether oxygens (including phenoxy) is 3. The predicted molar refractivity (Wildman–Crippen MR) is 162 cm³/mol. The maximum Gasteiger partial charge on any atom is 0.264 e. The van der Waals surface area contributed by atoms with E-state index in [1.165, 1.54) is 44.3 Å². The molecule has 228 valence electrons. The van der Waals surface area contributed by atoms with Gasteiger partial charge in [-0.2, -0.15) is 0 Å². The molecule has 5 rings (SSSR count). The lowest BCUT2D eigenvalue weighted by Crippen LogP contribution is -2.35. The van der Waals surface area contributed by atoms with Crippen molar-refractivity contribution in [3.05, 3.63) is 77.5 Å². The summed E-state index contributed by atoms with van der Waals surface area (Å²) < 4.78 is 74.2. The third kappa shape index (κ3) is 7.46. The molecule has 1 N–H and O–H groups in total. The molecule has 1 aliphatic rings. The van der Waals surface area contributed by atoms with Gasteiger partial charge in [-0.3, -0.25) is 9.71 Å². The molecule has 0 radical (unpaired) electrons. The summed E-state index contributed by atoms with van der Waals surface area (Å²) in [5.74, 6) is 0.0491. The third-order valence-electron chi connectivity index (χ3n) is 7.19. The van der Waals surface area contributed by atoms with Gasteiger partial charge in [0, 0.05) is 41.8 Å². The van der Waals surface area contributed by atoms with E-state index in [0.29, 0.717) is 34.8 Å². The van der Waals surface area contributed by atoms with E-state index in [1.54, 1.807) is 18.2 Å². The Kier molecular flexibility index (Phi) is 9.53. The number of fused-ring (bicyclic) bond motifs is 1. The molecule has 1 atom stereocenters. The summed E-state index contributed by atoms with van der Waals surface area (Å²) in [7, 11) is -2.80. The topological polar surface area (TPSA) is 90.0 Å². The second-order valence-corrected chi connectivity index (χ2v) is 12.6. The van der Waals surface area contributed by atoms with Crippen LogP contribution in [0.15, 0.2) is 65.7 Å². The standard InChI is InChI=1S/C31H32ClF2N3O5S/c1-20-5-3-12-37(19-20)13-4-14-41-30-18-26-23(17-29(30)40-2)27(10-11-35-26)42-28-8-7-22(16-24(28)33)36-43(38,39)31-9-6-21(32)15-25(31)34/h6-11,15-18,20,36H,3-5,12-14,19H2,1-2H3. The summed E-state index contributed by atoms with van der Waals surface area (Å²) in [6.07, 6.45) is 4.93. The van der Waals surface area contributed by atoms with E-state index in [-0.39, 0.29) is 16.5 Å². The second-order valence-electron chi connectivity index (χ2n) is 10.5. The van der Waals surface area contributed by atoms with E-state index in [0.717, 1.165) is 50.2 Å². The van der Waals surface area contributed by atoms with E-state index >= 15 is 4.39 Å². The average Bonchev–Trinajstić information content (AvgIpc) is 2.96. The van der Waals surface area contributed by atoms with Crippen LogP contribution in [0, 0.1) is 17.6 Å². The van der Waals surface area contributed by atoms with Gasteiger partial charge in [-0.05, 0) is 74.2 Å². The van der Waals surface area contributed by atoms with E-state index in [2.05, 4.69) is 21.5 Å². The number of anilines is 1. The van der Waals surface area contributed by atoms with Crippen LogP contribution in [0.5, 0.6) is 23.0 Å². The minimum atomic E-state index is -4.33. The Hall–Kier alpha value is -3.67. The highest BCUT2D eigenvalue weighted by Gasteiger charge is 2.21. The molecule has 1 aliphatic heterocycles. The van der Waals surface area contributed by atoms with Gasteiger partial charge in [-0.1, -0.05) is 18.5 Å². The smallest absolute Gasteiger partial charge is 0.264 e. The number of likely N-dealkylation sites (tertiary alicyclic amines) is 1. The quantitative estimate of drug-likeness (QED) is 0.174. The first kappa shape index (κ1) is 30.8. The Labute approximate surface area is 254 Å². The number of benzene rings is 3. The van der Waals surface area contributed by atoms with Crippen molar-refractivity contribution in [1.29, 1.82) is 0 Å². The third-order valence-corrected chi connectivity index (χ3v) is 8.84. The number of nitrogens with one attached hydrogen (secondary N) is 1. The van der Waals surface area contributed by atoms with Crippen molar-refractivity contribution in [3.63, 3.8) is 0 Å². The molecule has 4 aromatic rings. The second kappa shape index (κ2) is 13.3. The number of piperidine rings is 1. The zero-order chi connectivity index (χ0) is 30.6. The van der Waals surface area contributed by atoms with Crippen LogP contribution >= 0.6 is 11.6 Å². The van der Waals surface area contributed by atoms with Crippen molar-refractivity contribution < 1.29 is 31.4 Å². The van der Waals surface area contributed by atoms with Gasteiger partial charge in [0.05, 0.1) is 24.9 Å². The molecule has 1 unspecified atom stereocenters. The Morgan fingerprint density at radius 3 is 2.60 bits per heavy atom. The zero-order valence-electron chi connectivity index (χ0n) is 23.8. The highest BCUT2D eigenvalue weighted by atomic mass is 35.5. The number of pyridine rings is 1. The fourth-order valence-corrected chi connectivity index (χ4v) is 6.39. The maximum atomic E-state index is 15.1. The summed E-state index contributed by atoms with van der Waals surface area (Å²) in [6, 6.07) is 11.8. The molecule has 1 aromatic heterocycles. The first-order chi connectivity index (χ1) is 20.6. The van der Waals surface area contributed by atoms with Crippen molar-refractivity contribution in [1.82, 2.24) is 9.88 Å². The molecule has 0 bridgehead atoms. The summed E-state index contributed by atoms with van der Waals surface area (Å²) in [5, 5.41) is 0.614. The van der Waals surface area contributed by atoms with Crippen molar-refractivity contribution in [2.45, 2.75) is 31.1 Å². The lowest BCUT2D eigenvalue weighted by molar-refractivity contribution is 0.169. The van der Waals surface area contributed by atoms with Crippen LogP contribution in [0.1, 0.15) is 26.2 Å². The minimum Gasteiger partial charge on any atom is -0.493 e. The molecule has 43 heavy (non-hydrogen) atoms. The van der Waals surface area contributed by atoms with Gasteiger partial charge in [-0.15, -0.1) is 0 Å². The SMILES string of the molecule is COc1cc2c(Oc3ccc(NS(=O)(=O)c4ccc(Cl)cc4F)cc3F)ccnc2cc1OCCCN1CCCC(C)C1. The van der Waals surface area contributed by atoms with Gasteiger partial charge in [0.2, 0.25) is 0 Å². The minimum absolute atomic E-state index is 0.0481. The number of nitrogens with zero attached hydrogens (tertiary/aromatic N) is 2. The maximum absolute atomic E-state index is 15.1. The van der Waals surface area contributed by atoms with Crippen LogP contribution in [-0.4, -0.2) is 51.7 Å². The number of rotatable bonds is 11. The average molecular weight is 632 g/mol. The normalized spacial score (nSPS) is 15.8. The highest BCUT2D eigenvalue weighted by molar-refractivity contribution is 7.92. The number of hydrogen-bond donors (Lipinski definition) is 1. The van der Waals surface area contributed by atoms with Crippen LogP contribution < -0.4 is 18.9 Å². The largest absolute Gasteiger partial charge is 0.493 e. The van der Waals surface area contributed by atoms with E-state index in [1.807, 2.05) is 0 Å². The van der Waals surface area contributed by atoms with Crippen molar-refractivity contribution in [3.8, 4) is 23.0 Å². The van der Waals surface area contributed by atoms with E-state index < -0.39 is 26.6 Å². The summed E-state index contributed by atoms with van der Waals surface area (Å²) in [6.45, 7) is 6.02. The van der Waals surface area contributed by atoms with Crippen LogP contribution in [0.3, 0.4) is 0 Å². The number of aromatic nitrogens is 1. The molecule has 0 saturated carbocycles. The zero-order valence-corrected chi connectivity index (χ0v) is 25.4. The predicted octanol–water partition coefficient (Wildman–Crippen LogP) is 7.27. The Morgan fingerprint density at radius 1 is 1.02 bits per heavy atom. The molecule has 12 heteroatoms. The highest BCUT2D eigenvalue weighted by Crippen LogP contribution is 2.38. The molecule has 0 spiro atoms. The Bertz CT molecular complexity index is 1720. The van der Waals surface area contributed by atoms with Crippen LogP contribution in [-0.2, 0) is 10.0 Å². The van der Waals surface area contributed by atoms with Crippen molar-refractivity contribution >= 4 is 38.2 Å². The molecular weight excluding hydrogens is 600 g/mol. The first-order valence-electron chi connectivity index (χ1n) is 13.9. The number of halogens is 3. The number of hydrogen-bond acceptors (Lipinski definition) is 7. The van der Waals surface area contributed by atoms with Crippen LogP contribution in [0.25, 0.3) is 10.9 Å². The Balaban J connectivity index is 1.29. The van der Waals surface area contributed by atoms with Crippen molar-refractivity contribution in [2.24, 2.45) is 5.92 Å². The van der Waals surface area contributed by atoms with Crippen LogP contribution in [0.4, 0.5) is 14.5 Å². The lowest BCUT2D eigenvalue weighted by Gasteiger charge is -2.30. The van der Waals surface area contributed by atoms with E-state index in [9.17, 15) is 12.8 Å². The number of methoxy groups -OCH3 is 1. The summed E-state index contributed by atoms with van der Waals surface area (Å²) >= 11 is 5.71. The van der Waals surface area contributed by atoms with Crippen molar-refractivity contribution in [2.75, 3.05) is 38.1 Å². The first-order valence-corrected chi connectivity index (χ1v) is 15.8. The van der Waals surface area contributed by atoms with Gasteiger partial charge in [0.15, 0.2) is 23.1 Å². The summed E-state index contributed by atoms with van der Waals surface area (Å²) in [5.41, 5.74) is 0.449.